The number of carboxylic acid groups (broad SMARTS) is 1. The molecule has 0 unspecified atom stereocenters. The predicted octanol–water partition coefficient (Wildman–Crippen LogP) is -6.14. The first kappa shape index (κ1) is 54.6. The molecule has 0 aliphatic carbocycles. The Hall–Kier alpha value is -6.41. The highest BCUT2D eigenvalue weighted by Gasteiger charge is 2.34. The number of nitrogens with two attached hydrogens (primary N) is 2. The number of nitrogens with zero attached hydrogens (tertiary/aromatic N) is 1. The number of aromatic nitrogens is 2. The largest absolute Gasteiger partial charge is 0.480 e. The maximum absolute atomic E-state index is 13.6. The Labute approximate surface area is 363 Å². The molecule has 1 aromatic heterocycles. The van der Waals surface area contributed by atoms with Gasteiger partial charge in [0.25, 0.3) is 0 Å². The van der Waals surface area contributed by atoms with Crippen LogP contribution in [0.5, 0.6) is 0 Å². The quantitative estimate of drug-likeness (QED) is 0.0211. The topological polar surface area (TPSA) is 427 Å². The van der Waals surface area contributed by atoms with E-state index in [1.807, 2.05) is 5.32 Å². The highest BCUT2D eigenvalue weighted by Crippen LogP contribution is 2.10. The third-order valence-electron chi connectivity index (χ3n) is 8.96. The molecule has 0 aromatic carbocycles. The first-order chi connectivity index (χ1) is 29.4. The molecule has 0 aliphatic rings. The van der Waals surface area contributed by atoms with E-state index in [2.05, 4.69) is 52.5 Å². The number of carbonyl (C=O) groups excluding carboxylic acids is 8. The Bertz CT molecular complexity index is 1720. The number of hydrogen-bond acceptors (Lipinski definition) is 14. The molecule has 1 heterocycles. The van der Waals surface area contributed by atoms with Crippen LogP contribution < -0.4 is 59.3 Å². The lowest BCUT2D eigenvalue weighted by molar-refractivity contribution is -0.138. The molecule has 8 atom stereocenters. The van der Waals surface area contributed by atoms with E-state index in [0.29, 0.717) is 12.1 Å². The van der Waals surface area contributed by atoms with Gasteiger partial charge in [-0.15, -0.1) is 0 Å². The Morgan fingerprint density at radius 2 is 1.22 bits per heavy atom. The van der Waals surface area contributed by atoms with Gasteiger partial charge in [-0.05, 0) is 44.9 Å². The highest BCUT2D eigenvalue weighted by atomic mass is 16.4. The molecule has 26 nitrogen and oxygen atoms in total. The van der Waals surface area contributed by atoms with Gasteiger partial charge in [-0.2, -0.15) is 0 Å². The fraction of sp³-hybridized carbons (Fsp3) is 0.649. The third kappa shape index (κ3) is 21.3. The van der Waals surface area contributed by atoms with Crippen molar-refractivity contribution in [3.8, 4) is 0 Å². The normalized spacial score (nSPS) is 14.8. The molecule has 354 valence electrons. The number of nitrogens with one attached hydrogen (secondary N) is 11. The van der Waals surface area contributed by atoms with Gasteiger partial charge in [0.2, 0.25) is 47.3 Å². The van der Waals surface area contributed by atoms with Crippen molar-refractivity contribution in [1.29, 1.82) is 5.41 Å². The number of carbonyl (C=O) groups is 9. The zero-order valence-corrected chi connectivity index (χ0v) is 36.2. The van der Waals surface area contributed by atoms with Gasteiger partial charge in [0.05, 0.1) is 43.4 Å². The van der Waals surface area contributed by atoms with Gasteiger partial charge in [0.15, 0.2) is 5.96 Å². The minimum Gasteiger partial charge on any atom is -0.480 e. The number of rotatable bonds is 28. The summed E-state index contributed by atoms with van der Waals surface area (Å²) in [5.74, 6) is -9.24. The maximum Gasteiger partial charge on any atom is 0.322 e. The van der Waals surface area contributed by atoms with Crippen LogP contribution in [0.25, 0.3) is 0 Å². The second-order valence-electron chi connectivity index (χ2n) is 15.5. The molecule has 63 heavy (non-hydrogen) atoms. The van der Waals surface area contributed by atoms with Crippen LogP contribution in [-0.4, -0.2) is 159 Å². The van der Waals surface area contributed by atoms with Crippen molar-refractivity contribution < 1.29 is 58.5 Å². The fourth-order valence-corrected chi connectivity index (χ4v) is 5.61. The van der Waals surface area contributed by atoms with Gasteiger partial charge in [-0.3, -0.25) is 48.6 Å². The highest BCUT2D eigenvalue weighted by molar-refractivity contribution is 5.97. The Kier molecular flexibility index (Phi) is 23.9. The van der Waals surface area contributed by atoms with Crippen molar-refractivity contribution in [2.45, 2.75) is 116 Å². The van der Waals surface area contributed by atoms with Crippen LogP contribution in [0.3, 0.4) is 0 Å². The van der Waals surface area contributed by atoms with E-state index < -0.39 is 127 Å². The summed E-state index contributed by atoms with van der Waals surface area (Å²) >= 11 is 0. The number of amides is 8. The first-order valence-corrected chi connectivity index (χ1v) is 20.1. The van der Waals surface area contributed by atoms with E-state index in [1.54, 1.807) is 27.7 Å². The van der Waals surface area contributed by atoms with E-state index in [9.17, 15) is 53.4 Å². The van der Waals surface area contributed by atoms with Crippen LogP contribution >= 0.6 is 0 Å². The zero-order valence-electron chi connectivity index (χ0n) is 36.2. The van der Waals surface area contributed by atoms with Crippen LogP contribution in [0.15, 0.2) is 12.5 Å². The van der Waals surface area contributed by atoms with E-state index >= 15 is 0 Å². The molecule has 0 fully saturated rings. The van der Waals surface area contributed by atoms with E-state index in [1.165, 1.54) is 26.4 Å². The average molecular weight is 897 g/mol. The summed E-state index contributed by atoms with van der Waals surface area (Å²) in [5.41, 5.74) is 11.5. The van der Waals surface area contributed by atoms with E-state index in [-0.39, 0.29) is 37.7 Å². The molecule has 8 amide bonds. The van der Waals surface area contributed by atoms with Gasteiger partial charge >= 0.3 is 5.97 Å². The molecule has 0 aliphatic heterocycles. The number of aromatic amines is 1. The number of aliphatic carboxylic acids is 1. The van der Waals surface area contributed by atoms with Gasteiger partial charge in [-0.25, -0.2) is 4.98 Å². The minimum atomic E-state index is -1.63. The van der Waals surface area contributed by atoms with Crippen molar-refractivity contribution in [2.75, 3.05) is 26.2 Å². The summed E-state index contributed by atoms with van der Waals surface area (Å²) < 4.78 is 0. The molecular weight excluding hydrogens is 832 g/mol. The molecule has 1 rings (SSSR count). The predicted molar refractivity (Wildman–Crippen MR) is 223 cm³/mol. The van der Waals surface area contributed by atoms with Crippen molar-refractivity contribution in [3.63, 3.8) is 0 Å². The SMILES string of the molecule is CC(C)C[C@H](NC(=O)[C@@H](NC(=O)[C@@H](N)CCCNC(=N)N)[C@@H](C)O)C(=O)N[C@H](C(=O)NCC(=O)N[C@@H](Cc1c[nH]cn1)C(=O)N[C@H](C(=O)NCC(=O)NCC(=O)O)[C@@H](C)O)C(C)C. The Morgan fingerprint density at radius 3 is 1.75 bits per heavy atom. The van der Waals surface area contributed by atoms with E-state index in [0.717, 1.165) is 0 Å². The van der Waals surface area contributed by atoms with Crippen LogP contribution in [-0.2, 0) is 49.6 Å². The summed E-state index contributed by atoms with van der Waals surface area (Å²) in [7, 11) is 0. The van der Waals surface area contributed by atoms with Gasteiger partial charge in [0.1, 0.15) is 36.8 Å². The lowest BCUT2D eigenvalue weighted by Crippen LogP contribution is -2.61. The van der Waals surface area contributed by atoms with Crippen LogP contribution in [0.4, 0.5) is 0 Å². The summed E-state index contributed by atoms with van der Waals surface area (Å²) in [4.78, 5) is 122. The number of H-pyrrole nitrogens is 1. The number of hydrogen-bond donors (Lipinski definition) is 16. The first-order valence-electron chi connectivity index (χ1n) is 20.1. The van der Waals surface area contributed by atoms with Crippen LogP contribution in [0, 0.1) is 17.2 Å². The summed E-state index contributed by atoms with van der Waals surface area (Å²) in [6.45, 7) is 7.41. The molecular formula is C37H64N14O12. The lowest BCUT2D eigenvalue weighted by Gasteiger charge is -2.28. The van der Waals surface area contributed by atoms with Crippen molar-refractivity contribution in [3.05, 3.63) is 18.2 Å². The molecule has 0 spiro atoms. The summed E-state index contributed by atoms with van der Waals surface area (Å²) in [6.07, 6.45) is 0.218. The van der Waals surface area contributed by atoms with Crippen LogP contribution in [0.2, 0.25) is 0 Å². The maximum atomic E-state index is 13.6. The number of aliphatic hydroxyl groups excluding tert-OH is 2. The van der Waals surface area contributed by atoms with Gasteiger partial charge < -0.3 is 79.6 Å². The molecule has 18 N–H and O–H groups in total. The lowest BCUT2D eigenvalue weighted by atomic mass is 9.99. The van der Waals surface area contributed by atoms with E-state index in [4.69, 9.17) is 22.0 Å². The van der Waals surface area contributed by atoms with Crippen LogP contribution in [0.1, 0.15) is 66.5 Å². The molecule has 0 saturated heterocycles. The number of guanidine groups is 1. The number of imidazole rings is 1. The zero-order chi connectivity index (χ0) is 48.0. The fourth-order valence-electron chi connectivity index (χ4n) is 5.61. The average Bonchev–Trinajstić information content (AvgIpc) is 3.71. The monoisotopic (exact) mass is 896 g/mol. The molecule has 26 heteroatoms. The number of aliphatic hydroxyl groups is 2. The van der Waals surface area contributed by atoms with Crippen molar-refractivity contribution >= 4 is 59.2 Å². The standard InChI is InChI=1S/C37H64N14O12/c1-17(2)10-23(48-36(63)30(20(6)53)50-31(58)22(38)8-7-9-42-37(39)40)32(59)49-28(18(3)4)34(61)45-14-26(55)47-24(11-21-12-41-16-46-21)33(60)51-29(19(5)52)35(62)44-13-25(54)43-15-27(56)57/h12,16-20,22-24,28-30,52-53H,7-11,13-15,38H2,1-6H3,(H,41,46)(H,43,54)(H,44,62)(H,45,61)(H,47,55)(H,48,63)(H,49,59)(H,50,58)(H,51,60)(H,56,57)(H4,39,40,42)/t19-,20-,22+,23+,24+,28+,29+,30+/m1/s1. The number of carboxylic acids is 1. The van der Waals surface area contributed by atoms with Gasteiger partial charge in [-0.1, -0.05) is 27.7 Å². The third-order valence-corrected chi connectivity index (χ3v) is 8.96. The Morgan fingerprint density at radius 1 is 0.683 bits per heavy atom. The minimum absolute atomic E-state index is 0.0781. The molecule has 1 aromatic rings. The molecule has 0 bridgehead atoms. The second-order valence-corrected chi connectivity index (χ2v) is 15.5. The smallest absolute Gasteiger partial charge is 0.322 e. The van der Waals surface area contributed by atoms with Crippen molar-refractivity contribution in [2.24, 2.45) is 23.3 Å². The molecule has 0 saturated carbocycles. The van der Waals surface area contributed by atoms with Gasteiger partial charge in [0, 0.05) is 19.2 Å². The Balaban J connectivity index is 3.04. The van der Waals surface area contributed by atoms with Crippen molar-refractivity contribution in [1.82, 2.24) is 57.8 Å². The molecule has 0 radical (unpaired) electrons. The summed E-state index contributed by atoms with van der Waals surface area (Å²) in [6, 6.07) is -8.13. The summed E-state index contributed by atoms with van der Waals surface area (Å²) in [5, 5.41) is 58.0. The second kappa shape index (κ2) is 27.5.